The van der Waals surface area contributed by atoms with Crippen LogP contribution in [-0.2, 0) is 20.9 Å². The number of para-hydroxylation sites is 1. The molecule has 9 heteroatoms. The molecule has 1 aliphatic heterocycles. The summed E-state index contributed by atoms with van der Waals surface area (Å²) in [6.07, 6.45) is 1.83. The minimum Gasteiger partial charge on any atom is -0.494 e. The van der Waals surface area contributed by atoms with Crippen LogP contribution in [0, 0.1) is 6.92 Å². The summed E-state index contributed by atoms with van der Waals surface area (Å²) >= 11 is 7.32. The molecule has 0 spiro atoms. The van der Waals surface area contributed by atoms with Crippen LogP contribution >= 0.6 is 23.4 Å². The van der Waals surface area contributed by atoms with Crippen molar-refractivity contribution in [3.63, 3.8) is 0 Å². The lowest BCUT2D eigenvalue weighted by atomic mass is 10.1. The van der Waals surface area contributed by atoms with Crippen LogP contribution in [0.4, 0.5) is 5.69 Å². The second-order valence-electron chi connectivity index (χ2n) is 7.21. The molecule has 0 unspecified atom stereocenters. The minimum absolute atomic E-state index is 0.101. The SMILES string of the molecule is CCOC(=O)Cn1c(C)c(/C=C2\SC(=Nc3cc(Cl)ccc3OC)NC2=O)c2ccccc21. The molecule has 0 saturated carbocycles. The third kappa shape index (κ3) is 4.77. The number of methoxy groups -OCH3 is 1. The monoisotopic (exact) mass is 483 g/mol. The van der Waals surface area contributed by atoms with Gasteiger partial charge in [-0.15, -0.1) is 0 Å². The number of carbonyl (C=O) groups excluding carboxylic acids is 2. The van der Waals surface area contributed by atoms with Gasteiger partial charge in [0.1, 0.15) is 18.0 Å². The Hall–Kier alpha value is -3.23. The standard InChI is InChI=1S/C24H22ClN3O4S/c1-4-32-22(29)13-28-14(2)17(16-7-5-6-8-19(16)28)12-21-23(30)27-24(33-21)26-18-11-15(25)9-10-20(18)31-3/h5-12H,4,13H2,1-3H3,(H,26,27,30)/b21-12-. The van der Waals surface area contributed by atoms with E-state index in [2.05, 4.69) is 10.3 Å². The van der Waals surface area contributed by atoms with Crippen LogP contribution in [0.2, 0.25) is 5.02 Å². The van der Waals surface area contributed by atoms with E-state index in [9.17, 15) is 9.59 Å². The van der Waals surface area contributed by atoms with E-state index in [1.807, 2.05) is 41.8 Å². The maximum Gasteiger partial charge on any atom is 0.325 e. The van der Waals surface area contributed by atoms with Gasteiger partial charge in [0, 0.05) is 27.2 Å². The molecule has 7 nitrogen and oxygen atoms in total. The third-order valence-electron chi connectivity index (χ3n) is 5.16. The van der Waals surface area contributed by atoms with Gasteiger partial charge in [0.2, 0.25) is 0 Å². The first kappa shape index (κ1) is 22.9. The van der Waals surface area contributed by atoms with Crippen molar-refractivity contribution in [1.82, 2.24) is 9.88 Å². The molecular weight excluding hydrogens is 462 g/mol. The van der Waals surface area contributed by atoms with E-state index in [1.165, 1.54) is 11.8 Å². The Bertz CT molecular complexity index is 1310. The van der Waals surface area contributed by atoms with Gasteiger partial charge in [-0.2, -0.15) is 0 Å². The van der Waals surface area contributed by atoms with Crippen molar-refractivity contribution in [2.45, 2.75) is 20.4 Å². The first-order valence-electron chi connectivity index (χ1n) is 10.3. The Morgan fingerprint density at radius 2 is 2.06 bits per heavy atom. The molecule has 1 N–H and O–H groups in total. The highest BCUT2D eigenvalue weighted by atomic mass is 35.5. The zero-order chi connectivity index (χ0) is 23.5. The van der Waals surface area contributed by atoms with Crippen LogP contribution in [0.3, 0.4) is 0 Å². The van der Waals surface area contributed by atoms with E-state index in [0.29, 0.717) is 33.1 Å². The average molecular weight is 484 g/mol. The number of amides is 1. The summed E-state index contributed by atoms with van der Waals surface area (Å²) in [5.41, 5.74) is 3.16. The molecule has 1 aliphatic rings. The van der Waals surface area contributed by atoms with E-state index in [0.717, 1.165) is 22.2 Å². The van der Waals surface area contributed by atoms with Crippen molar-refractivity contribution in [2.75, 3.05) is 13.7 Å². The number of fused-ring (bicyclic) bond motifs is 1. The molecule has 1 aromatic heterocycles. The predicted octanol–water partition coefficient (Wildman–Crippen LogP) is 5.07. The first-order valence-corrected chi connectivity index (χ1v) is 11.5. The first-order chi connectivity index (χ1) is 15.9. The highest BCUT2D eigenvalue weighted by Gasteiger charge is 2.26. The van der Waals surface area contributed by atoms with Gasteiger partial charge in [0.05, 0.1) is 18.6 Å². The Labute approximate surface area is 200 Å². The molecule has 2 aromatic carbocycles. The van der Waals surface area contributed by atoms with Gasteiger partial charge in [0.25, 0.3) is 5.91 Å². The molecule has 0 radical (unpaired) electrons. The number of benzene rings is 2. The number of halogens is 1. The fourth-order valence-electron chi connectivity index (χ4n) is 3.65. The fraction of sp³-hybridized carbons (Fsp3) is 0.208. The highest BCUT2D eigenvalue weighted by Crippen LogP contribution is 2.35. The summed E-state index contributed by atoms with van der Waals surface area (Å²) in [7, 11) is 1.55. The quantitative estimate of drug-likeness (QED) is 0.391. The van der Waals surface area contributed by atoms with E-state index < -0.39 is 0 Å². The molecule has 1 saturated heterocycles. The number of amidine groups is 1. The Morgan fingerprint density at radius 3 is 2.82 bits per heavy atom. The van der Waals surface area contributed by atoms with Gasteiger partial charge in [0.15, 0.2) is 5.17 Å². The lowest BCUT2D eigenvalue weighted by Gasteiger charge is -2.07. The molecular formula is C24H22ClN3O4S. The van der Waals surface area contributed by atoms with Crippen LogP contribution < -0.4 is 10.1 Å². The number of aliphatic imine (C=N–C) groups is 1. The summed E-state index contributed by atoms with van der Waals surface area (Å²) in [6.45, 7) is 4.13. The zero-order valence-corrected chi connectivity index (χ0v) is 19.9. The normalized spacial score (nSPS) is 15.9. The van der Waals surface area contributed by atoms with Crippen molar-refractivity contribution in [2.24, 2.45) is 4.99 Å². The number of hydrogen-bond donors (Lipinski definition) is 1. The number of nitrogens with zero attached hydrogens (tertiary/aromatic N) is 2. The Morgan fingerprint density at radius 1 is 1.27 bits per heavy atom. The molecule has 33 heavy (non-hydrogen) atoms. The number of ether oxygens (including phenoxy) is 2. The predicted molar refractivity (Wildman–Crippen MR) is 132 cm³/mol. The summed E-state index contributed by atoms with van der Waals surface area (Å²) in [4.78, 5) is 29.9. The number of carbonyl (C=O) groups is 2. The van der Waals surface area contributed by atoms with Crippen molar-refractivity contribution in [3.8, 4) is 5.75 Å². The second-order valence-corrected chi connectivity index (χ2v) is 8.67. The minimum atomic E-state index is -0.307. The number of esters is 1. The average Bonchev–Trinajstić information content (AvgIpc) is 3.26. The molecule has 1 fully saturated rings. The number of aromatic nitrogens is 1. The van der Waals surface area contributed by atoms with Crippen LogP contribution in [-0.4, -0.2) is 35.3 Å². The van der Waals surface area contributed by atoms with Gasteiger partial charge in [-0.05, 0) is 56.0 Å². The van der Waals surface area contributed by atoms with Gasteiger partial charge >= 0.3 is 5.97 Å². The Balaban J connectivity index is 1.71. The zero-order valence-electron chi connectivity index (χ0n) is 18.3. The smallest absolute Gasteiger partial charge is 0.325 e. The maximum absolute atomic E-state index is 12.7. The Kier molecular flexibility index (Phi) is 6.76. The number of nitrogens with one attached hydrogen (secondary N) is 1. The van der Waals surface area contributed by atoms with Gasteiger partial charge < -0.3 is 19.4 Å². The molecule has 0 aliphatic carbocycles. The highest BCUT2D eigenvalue weighted by molar-refractivity contribution is 8.18. The summed E-state index contributed by atoms with van der Waals surface area (Å²) in [5.74, 6) is -0.00291. The summed E-state index contributed by atoms with van der Waals surface area (Å²) in [6, 6.07) is 12.9. The van der Waals surface area contributed by atoms with Crippen molar-refractivity contribution in [1.29, 1.82) is 0 Å². The van der Waals surface area contributed by atoms with E-state index in [1.54, 1.807) is 32.2 Å². The molecule has 1 amide bonds. The number of thioether (sulfide) groups is 1. The van der Waals surface area contributed by atoms with Crippen LogP contribution in [0.1, 0.15) is 18.2 Å². The van der Waals surface area contributed by atoms with E-state index in [-0.39, 0.29) is 18.4 Å². The van der Waals surface area contributed by atoms with E-state index >= 15 is 0 Å². The van der Waals surface area contributed by atoms with E-state index in [4.69, 9.17) is 21.1 Å². The van der Waals surface area contributed by atoms with Gasteiger partial charge in [-0.3, -0.25) is 9.59 Å². The maximum atomic E-state index is 12.7. The summed E-state index contributed by atoms with van der Waals surface area (Å²) in [5, 5.41) is 4.69. The molecule has 0 atom stereocenters. The third-order valence-corrected chi connectivity index (χ3v) is 6.31. The lowest BCUT2D eigenvalue weighted by molar-refractivity contribution is -0.143. The molecule has 0 bridgehead atoms. The molecule has 3 aromatic rings. The van der Waals surface area contributed by atoms with Crippen LogP contribution in [0.25, 0.3) is 17.0 Å². The molecule has 2 heterocycles. The van der Waals surface area contributed by atoms with Crippen LogP contribution in [0.15, 0.2) is 52.4 Å². The topological polar surface area (TPSA) is 81.9 Å². The largest absolute Gasteiger partial charge is 0.494 e. The van der Waals surface area contributed by atoms with Gasteiger partial charge in [-0.25, -0.2) is 4.99 Å². The molecule has 4 rings (SSSR count). The van der Waals surface area contributed by atoms with Crippen LogP contribution in [0.5, 0.6) is 5.75 Å². The van der Waals surface area contributed by atoms with Crippen molar-refractivity contribution in [3.05, 3.63) is 63.6 Å². The number of hydrogen-bond acceptors (Lipinski definition) is 6. The second kappa shape index (κ2) is 9.72. The summed E-state index contributed by atoms with van der Waals surface area (Å²) < 4.78 is 12.4. The lowest BCUT2D eigenvalue weighted by Crippen LogP contribution is -2.19. The number of rotatable bonds is 6. The van der Waals surface area contributed by atoms with Crippen molar-refractivity contribution < 1.29 is 19.1 Å². The molecule has 170 valence electrons. The van der Waals surface area contributed by atoms with Crippen molar-refractivity contribution >= 4 is 63.1 Å². The van der Waals surface area contributed by atoms with Gasteiger partial charge in [-0.1, -0.05) is 29.8 Å². The fourth-order valence-corrected chi connectivity index (χ4v) is 4.63.